The smallest absolute Gasteiger partial charge is 0.333 e. The summed E-state index contributed by atoms with van der Waals surface area (Å²) in [5, 5.41) is 58.1. The molecule has 226 valence electrons. The molecule has 2 aromatic carbocycles. The Morgan fingerprint density at radius 1 is 1.07 bits per heavy atom. The summed E-state index contributed by atoms with van der Waals surface area (Å²) < 4.78 is 26.9. The molecule has 43 heavy (non-hydrogen) atoms. The van der Waals surface area contributed by atoms with Crippen molar-refractivity contribution < 1.29 is 53.1 Å². The molecular weight excluding hydrogens is 610 g/mol. The van der Waals surface area contributed by atoms with Crippen molar-refractivity contribution in [3.63, 3.8) is 0 Å². The van der Waals surface area contributed by atoms with Gasteiger partial charge in [0.25, 0.3) is 15.9 Å². The first-order chi connectivity index (χ1) is 20.0. The second-order valence-corrected chi connectivity index (χ2v) is 12.5. The number of phenolic OH excluding ortho intramolecular Hbond substituents is 1. The SMILES string of the molecule is C[C@H]1c2ccc(NC(=O)NS(=O)(=O)c3ccc(Cl)cc3)c(O)c2C(O)=C2C(=O)[C@]3(O)C(O)=C(C(N)=O)C(=O)C[C@@H]3[C@@H](O)[C@@H]21. The van der Waals surface area contributed by atoms with Gasteiger partial charge in [0.1, 0.15) is 22.8 Å². The van der Waals surface area contributed by atoms with Crippen LogP contribution < -0.4 is 15.8 Å². The third-order valence-corrected chi connectivity index (χ3v) is 9.70. The summed E-state index contributed by atoms with van der Waals surface area (Å²) in [6, 6.07) is 6.17. The van der Waals surface area contributed by atoms with Gasteiger partial charge < -0.3 is 36.6 Å². The maximum Gasteiger partial charge on any atom is 0.333 e. The molecule has 0 aliphatic heterocycles. The van der Waals surface area contributed by atoms with Crippen molar-refractivity contribution in [1.82, 2.24) is 4.72 Å². The Morgan fingerprint density at radius 3 is 2.30 bits per heavy atom. The van der Waals surface area contributed by atoms with Crippen LogP contribution in [0.3, 0.4) is 0 Å². The lowest BCUT2D eigenvalue weighted by Crippen LogP contribution is -2.63. The van der Waals surface area contributed by atoms with Gasteiger partial charge in [-0.1, -0.05) is 24.6 Å². The lowest BCUT2D eigenvalue weighted by atomic mass is 9.55. The average molecular weight is 634 g/mol. The van der Waals surface area contributed by atoms with Crippen LogP contribution >= 0.6 is 11.6 Å². The summed E-state index contributed by atoms with van der Waals surface area (Å²) in [6.45, 7) is 1.53. The predicted octanol–water partition coefficient (Wildman–Crippen LogP) is 1.12. The van der Waals surface area contributed by atoms with E-state index in [2.05, 4.69) is 5.32 Å². The van der Waals surface area contributed by atoms with E-state index in [1.807, 2.05) is 0 Å². The summed E-state index contributed by atoms with van der Waals surface area (Å²) in [5.41, 5.74) is -0.0426. The van der Waals surface area contributed by atoms with Crippen LogP contribution in [0.2, 0.25) is 5.02 Å². The third-order valence-electron chi connectivity index (χ3n) is 8.10. The fraction of sp³-hybridized carbons (Fsp3) is 0.259. The van der Waals surface area contributed by atoms with Crippen LogP contribution in [-0.2, 0) is 24.4 Å². The maximum atomic E-state index is 13.7. The number of Topliss-reactive ketones (excluding diaryl/α,β-unsaturated/α-hetero) is 2. The number of halogens is 1. The lowest BCUT2D eigenvalue weighted by Gasteiger charge is -2.50. The van der Waals surface area contributed by atoms with Gasteiger partial charge in [0.2, 0.25) is 5.78 Å². The molecular formula is C27H24ClN3O11S. The molecule has 16 heteroatoms. The number of carbonyl (C=O) groups excluding carboxylic acids is 4. The number of ketones is 2. The van der Waals surface area contributed by atoms with Crippen LogP contribution in [0.5, 0.6) is 5.75 Å². The number of carbonyl (C=O) groups is 4. The molecule has 0 bridgehead atoms. The molecule has 2 aromatic rings. The number of anilines is 1. The van der Waals surface area contributed by atoms with Gasteiger partial charge >= 0.3 is 6.03 Å². The van der Waals surface area contributed by atoms with Gasteiger partial charge in [-0.3, -0.25) is 14.4 Å². The van der Waals surface area contributed by atoms with Crippen LogP contribution in [-0.4, -0.2) is 69.2 Å². The molecule has 1 fully saturated rings. The van der Waals surface area contributed by atoms with Crippen LogP contribution in [0, 0.1) is 11.8 Å². The Bertz CT molecular complexity index is 1800. The maximum absolute atomic E-state index is 13.7. The average Bonchev–Trinajstić information content (AvgIpc) is 2.92. The van der Waals surface area contributed by atoms with Gasteiger partial charge in [0.15, 0.2) is 11.4 Å². The first kappa shape index (κ1) is 30.0. The number of phenols is 1. The van der Waals surface area contributed by atoms with E-state index in [4.69, 9.17) is 17.3 Å². The fourth-order valence-electron chi connectivity index (χ4n) is 6.04. The molecule has 0 heterocycles. The summed E-state index contributed by atoms with van der Waals surface area (Å²) in [4.78, 5) is 50.4. The number of primary amides is 1. The van der Waals surface area contributed by atoms with Gasteiger partial charge in [-0.25, -0.2) is 17.9 Å². The first-order valence-corrected chi connectivity index (χ1v) is 14.5. The molecule has 0 aromatic heterocycles. The zero-order chi connectivity index (χ0) is 31.8. The normalized spacial score (nSPS) is 26.8. The van der Waals surface area contributed by atoms with Gasteiger partial charge in [-0.15, -0.1) is 0 Å². The molecule has 14 nitrogen and oxygen atoms in total. The lowest BCUT2D eigenvalue weighted by molar-refractivity contribution is -0.160. The number of aliphatic hydroxyl groups excluding tert-OH is 3. The number of rotatable bonds is 4. The number of aliphatic hydroxyl groups is 4. The molecule has 9 N–H and O–H groups in total. The third kappa shape index (κ3) is 4.43. The highest BCUT2D eigenvalue weighted by Crippen LogP contribution is 2.56. The standard InChI is InChI=1S/C27H24ClN3O11S/c1-9-12-6-7-14(30-26(39)31-43(41,42)11-4-2-10(28)3-5-11)21(34)17(12)22(35)19-16(9)20(33)13-8-15(32)18(25(29)38)23(36)27(13,40)24(19)37/h2-7,9,13,16,20,33-36,40H,8H2,1H3,(H2,29,38)(H2,30,31,39)/t9-,13+,16+,20+,27+/m0/s1. The van der Waals surface area contributed by atoms with E-state index in [9.17, 15) is 53.1 Å². The van der Waals surface area contributed by atoms with Crippen molar-refractivity contribution in [2.45, 2.75) is 35.9 Å². The first-order valence-electron chi connectivity index (χ1n) is 12.6. The fourth-order valence-corrected chi connectivity index (χ4v) is 7.07. The van der Waals surface area contributed by atoms with Gasteiger partial charge in [0.05, 0.1) is 22.3 Å². The molecule has 5 atom stereocenters. The number of urea groups is 1. The summed E-state index contributed by atoms with van der Waals surface area (Å²) in [5.74, 6) is -10.5. The number of hydrogen-bond acceptors (Lipinski definition) is 11. The van der Waals surface area contributed by atoms with Gasteiger partial charge in [-0.2, -0.15) is 0 Å². The number of amides is 3. The Hall–Kier alpha value is -4.44. The number of hydrogen-bond donors (Lipinski definition) is 8. The van der Waals surface area contributed by atoms with Crippen LogP contribution in [0.4, 0.5) is 10.5 Å². The Labute approximate surface area is 248 Å². The minimum atomic E-state index is -4.36. The molecule has 3 aliphatic rings. The molecule has 1 saturated carbocycles. The van der Waals surface area contributed by atoms with E-state index in [1.165, 1.54) is 31.2 Å². The van der Waals surface area contributed by atoms with Gasteiger partial charge in [-0.05, 0) is 41.8 Å². The number of nitrogens with one attached hydrogen (secondary N) is 2. The minimum absolute atomic E-state index is 0.195. The quantitative estimate of drug-likeness (QED) is 0.175. The monoisotopic (exact) mass is 633 g/mol. The molecule has 3 amide bonds. The van der Waals surface area contributed by atoms with Crippen molar-refractivity contribution in [2.75, 3.05) is 5.32 Å². The van der Waals surface area contributed by atoms with Crippen molar-refractivity contribution in [2.24, 2.45) is 17.6 Å². The van der Waals surface area contributed by atoms with Gasteiger partial charge in [0, 0.05) is 28.9 Å². The molecule has 3 aliphatic carbocycles. The van der Waals surface area contributed by atoms with E-state index in [-0.39, 0.29) is 26.7 Å². The van der Waals surface area contributed by atoms with E-state index in [0.29, 0.717) is 0 Å². The number of aromatic hydroxyl groups is 1. The van der Waals surface area contributed by atoms with Crippen molar-refractivity contribution >= 4 is 56.6 Å². The van der Waals surface area contributed by atoms with E-state index in [0.717, 1.165) is 12.1 Å². The molecule has 0 spiro atoms. The highest BCUT2D eigenvalue weighted by molar-refractivity contribution is 7.90. The zero-order valence-electron chi connectivity index (χ0n) is 22.0. The van der Waals surface area contributed by atoms with Crippen molar-refractivity contribution in [1.29, 1.82) is 0 Å². The van der Waals surface area contributed by atoms with Crippen LogP contribution in [0.25, 0.3) is 5.76 Å². The number of sulfonamides is 1. The summed E-state index contributed by atoms with van der Waals surface area (Å²) in [6.07, 6.45) is -2.41. The molecule has 0 radical (unpaired) electrons. The second kappa shape index (κ2) is 10.1. The largest absolute Gasteiger partial charge is 0.508 e. The summed E-state index contributed by atoms with van der Waals surface area (Å²) >= 11 is 5.76. The topological polar surface area (TPSA) is 254 Å². The zero-order valence-corrected chi connectivity index (χ0v) is 23.6. The Kier molecular flexibility index (Phi) is 7.04. The van der Waals surface area contributed by atoms with E-state index < -0.39 is 97.8 Å². The van der Waals surface area contributed by atoms with Crippen LogP contribution in [0.15, 0.2) is 58.2 Å². The van der Waals surface area contributed by atoms with Crippen molar-refractivity contribution in [3.8, 4) is 5.75 Å². The highest BCUT2D eigenvalue weighted by Gasteiger charge is 2.64. The number of fused-ring (bicyclic) bond motifs is 3. The number of benzene rings is 2. The highest BCUT2D eigenvalue weighted by atomic mass is 35.5. The van der Waals surface area contributed by atoms with E-state index >= 15 is 0 Å². The Morgan fingerprint density at radius 2 is 1.70 bits per heavy atom. The predicted molar refractivity (Wildman–Crippen MR) is 148 cm³/mol. The van der Waals surface area contributed by atoms with E-state index in [1.54, 1.807) is 4.72 Å². The summed E-state index contributed by atoms with van der Waals surface area (Å²) in [7, 11) is -4.36. The Balaban J connectivity index is 1.55. The number of nitrogens with two attached hydrogens (primary N) is 1. The molecule has 5 rings (SSSR count). The minimum Gasteiger partial charge on any atom is -0.508 e. The van der Waals surface area contributed by atoms with Crippen LogP contribution in [0.1, 0.15) is 30.4 Å². The second-order valence-electron chi connectivity index (χ2n) is 10.4. The molecule has 0 unspecified atom stereocenters. The van der Waals surface area contributed by atoms with Crippen molar-refractivity contribution in [3.05, 3.63) is 69.5 Å². The molecule has 0 saturated heterocycles.